The van der Waals surface area contributed by atoms with E-state index in [-0.39, 0.29) is 10.9 Å². The number of nitro groups is 1. The maximum absolute atomic E-state index is 11.1. The van der Waals surface area contributed by atoms with E-state index in [0.717, 1.165) is 22.9 Å². The van der Waals surface area contributed by atoms with Crippen molar-refractivity contribution in [2.45, 2.75) is 17.0 Å². The molecule has 0 radical (unpaired) electrons. The van der Waals surface area contributed by atoms with Crippen LogP contribution in [0.2, 0.25) is 0 Å². The van der Waals surface area contributed by atoms with Gasteiger partial charge in [-0.2, -0.15) is 0 Å². The lowest BCUT2D eigenvalue weighted by atomic mass is 10.2. The van der Waals surface area contributed by atoms with Crippen molar-refractivity contribution in [3.8, 4) is 11.5 Å². The SMILES string of the molecule is Cc1ccc(Sc2nnc(-c3ccccc3)o2)c([N+](=O)[O-])c1. The molecule has 0 aliphatic carbocycles. The van der Waals surface area contributed by atoms with Crippen LogP contribution in [0.15, 0.2) is 63.1 Å². The third kappa shape index (κ3) is 2.99. The summed E-state index contributed by atoms with van der Waals surface area (Å²) >= 11 is 1.08. The molecule has 22 heavy (non-hydrogen) atoms. The van der Waals surface area contributed by atoms with Gasteiger partial charge in [0.15, 0.2) is 0 Å². The van der Waals surface area contributed by atoms with Gasteiger partial charge in [0, 0.05) is 11.6 Å². The topological polar surface area (TPSA) is 82.1 Å². The standard InChI is InChI=1S/C15H11N3O3S/c1-10-7-8-13(12(9-10)18(19)20)22-15-17-16-14(21-15)11-5-3-2-4-6-11/h2-9H,1H3. The Morgan fingerprint density at radius 2 is 1.91 bits per heavy atom. The van der Waals surface area contributed by atoms with Crippen molar-refractivity contribution in [2.75, 3.05) is 0 Å². The molecule has 0 unspecified atom stereocenters. The molecule has 0 N–H and O–H groups in total. The summed E-state index contributed by atoms with van der Waals surface area (Å²) in [5, 5.41) is 19.3. The van der Waals surface area contributed by atoms with E-state index >= 15 is 0 Å². The number of rotatable bonds is 4. The molecule has 3 rings (SSSR count). The quantitative estimate of drug-likeness (QED) is 0.532. The third-order valence-electron chi connectivity index (χ3n) is 2.94. The Bertz CT molecular complexity index is 818. The van der Waals surface area contributed by atoms with Gasteiger partial charge in [0.1, 0.15) is 0 Å². The van der Waals surface area contributed by atoms with Gasteiger partial charge in [-0.25, -0.2) is 0 Å². The van der Waals surface area contributed by atoms with Gasteiger partial charge in [-0.05, 0) is 42.4 Å². The van der Waals surface area contributed by atoms with Gasteiger partial charge in [0.05, 0.1) is 9.82 Å². The van der Waals surface area contributed by atoms with Crippen molar-refractivity contribution in [1.29, 1.82) is 0 Å². The molecule has 0 atom stereocenters. The van der Waals surface area contributed by atoms with Gasteiger partial charge in [0.25, 0.3) is 10.9 Å². The van der Waals surface area contributed by atoms with Crippen molar-refractivity contribution in [3.05, 3.63) is 64.2 Å². The Morgan fingerprint density at radius 3 is 2.64 bits per heavy atom. The van der Waals surface area contributed by atoms with Crippen LogP contribution in [0, 0.1) is 17.0 Å². The molecular formula is C15H11N3O3S. The van der Waals surface area contributed by atoms with E-state index in [1.165, 1.54) is 6.07 Å². The first-order valence-corrected chi connectivity index (χ1v) is 7.27. The van der Waals surface area contributed by atoms with Crippen LogP contribution in [-0.2, 0) is 0 Å². The average Bonchev–Trinajstić information content (AvgIpc) is 2.98. The van der Waals surface area contributed by atoms with Crippen molar-refractivity contribution in [3.63, 3.8) is 0 Å². The van der Waals surface area contributed by atoms with Crippen LogP contribution in [0.3, 0.4) is 0 Å². The molecule has 3 aromatic rings. The van der Waals surface area contributed by atoms with Crippen molar-refractivity contribution < 1.29 is 9.34 Å². The van der Waals surface area contributed by atoms with Gasteiger partial charge >= 0.3 is 0 Å². The maximum Gasteiger partial charge on any atom is 0.283 e. The zero-order valence-corrected chi connectivity index (χ0v) is 12.4. The second kappa shape index (κ2) is 5.98. The molecule has 1 heterocycles. The van der Waals surface area contributed by atoms with Crippen LogP contribution in [0.25, 0.3) is 11.5 Å². The highest BCUT2D eigenvalue weighted by Gasteiger charge is 2.18. The van der Waals surface area contributed by atoms with Crippen molar-refractivity contribution in [1.82, 2.24) is 10.2 Å². The first-order chi connectivity index (χ1) is 10.6. The predicted octanol–water partition coefficient (Wildman–Crippen LogP) is 4.10. The number of aryl methyl sites for hydroxylation is 1. The summed E-state index contributed by atoms with van der Waals surface area (Å²) < 4.78 is 5.56. The summed E-state index contributed by atoms with van der Waals surface area (Å²) in [6.07, 6.45) is 0. The molecule has 0 aliphatic heterocycles. The number of aromatic nitrogens is 2. The normalized spacial score (nSPS) is 10.6. The van der Waals surface area contributed by atoms with E-state index < -0.39 is 4.92 Å². The van der Waals surface area contributed by atoms with E-state index in [0.29, 0.717) is 10.8 Å². The number of hydrogen-bond acceptors (Lipinski definition) is 6. The molecule has 0 bridgehead atoms. The highest BCUT2D eigenvalue weighted by Crippen LogP contribution is 2.35. The van der Waals surface area contributed by atoms with E-state index in [1.54, 1.807) is 6.07 Å². The molecule has 7 heteroatoms. The minimum atomic E-state index is -0.413. The summed E-state index contributed by atoms with van der Waals surface area (Å²) in [7, 11) is 0. The molecule has 0 saturated carbocycles. The van der Waals surface area contributed by atoms with Crippen LogP contribution in [-0.4, -0.2) is 15.1 Å². The zero-order chi connectivity index (χ0) is 15.5. The van der Waals surface area contributed by atoms with Crippen LogP contribution in [0.5, 0.6) is 0 Å². The smallest absolute Gasteiger partial charge is 0.283 e. The highest BCUT2D eigenvalue weighted by atomic mass is 32.2. The summed E-state index contributed by atoms with van der Waals surface area (Å²) in [5.74, 6) is 0.387. The largest absolute Gasteiger partial charge is 0.411 e. The molecule has 6 nitrogen and oxygen atoms in total. The number of nitrogens with zero attached hydrogens (tertiary/aromatic N) is 3. The molecular weight excluding hydrogens is 302 g/mol. The summed E-state index contributed by atoms with van der Waals surface area (Å²) in [6, 6.07) is 14.4. The number of hydrogen-bond donors (Lipinski definition) is 0. The van der Waals surface area contributed by atoms with Crippen molar-refractivity contribution in [2.24, 2.45) is 0 Å². The summed E-state index contributed by atoms with van der Waals surface area (Å²) in [6.45, 7) is 1.81. The Hall–Kier alpha value is -2.67. The lowest BCUT2D eigenvalue weighted by molar-refractivity contribution is -0.387. The van der Waals surface area contributed by atoms with E-state index in [1.807, 2.05) is 43.3 Å². The average molecular weight is 313 g/mol. The second-order valence-corrected chi connectivity index (χ2v) is 5.56. The molecule has 0 fully saturated rings. The maximum atomic E-state index is 11.1. The van der Waals surface area contributed by atoms with E-state index in [4.69, 9.17) is 4.42 Å². The fourth-order valence-corrected chi connectivity index (χ4v) is 2.66. The highest BCUT2D eigenvalue weighted by molar-refractivity contribution is 7.99. The summed E-state index contributed by atoms with van der Waals surface area (Å²) in [4.78, 5) is 11.2. The van der Waals surface area contributed by atoms with E-state index in [9.17, 15) is 10.1 Å². The molecule has 110 valence electrons. The monoisotopic (exact) mass is 313 g/mol. The van der Waals surface area contributed by atoms with Gasteiger partial charge in [-0.15, -0.1) is 10.2 Å². The van der Waals surface area contributed by atoms with Crippen LogP contribution in [0.1, 0.15) is 5.56 Å². The Kier molecular flexibility index (Phi) is 3.88. The summed E-state index contributed by atoms with van der Waals surface area (Å²) in [5.41, 5.74) is 1.66. The lowest BCUT2D eigenvalue weighted by Gasteiger charge is -2.00. The van der Waals surface area contributed by atoms with Gasteiger partial charge in [0.2, 0.25) is 5.89 Å². The molecule has 0 amide bonds. The lowest BCUT2D eigenvalue weighted by Crippen LogP contribution is -1.91. The Balaban J connectivity index is 1.89. The Morgan fingerprint density at radius 1 is 1.14 bits per heavy atom. The van der Waals surface area contributed by atoms with Crippen molar-refractivity contribution >= 4 is 17.4 Å². The van der Waals surface area contributed by atoms with Crippen LogP contribution in [0.4, 0.5) is 5.69 Å². The third-order valence-corrected chi connectivity index (χ3v) is 3.84. The van der Waals surface area contributed by atoms with Crippen LogP contribution >= 0.6 is 11.8 Å². The van der Waals surface area contributed by atoms with Gasteiger partial charge in [-0.1, -0.05) is 24.3 Å². The van der Waals surface area contributed by atoms with Gasteiger partial charge in [-0.3, -0.25) is 10.1 Å². The molecule has 0 saturated heterocycles. The number of benzene rings is 2. The predicted molar refractivity (Wildman–Crippen MR) is 81.7 cm³/mol. The minimum Gasteiger partial charge on any atom is -0.411 e. The first-order valence-electron chi connectivity index (χ1n) is 6.45. The molecule has 1 aromatic heterocycles. The molecule has 2 aromatic carbocycles. The Labute approximate surface area is 130 Å². The number of nitro benzene ring substituents is 1. The van der Waals surface area contributed by atoms with Gasteiger partial charge < -0.3 is 4.42 Å². The molecule has 0 spiro atoms. The minimum absolute atomic E-state index is 0.0319. The van der Waals surface area contributed by atoms with E-state index in [2.05, 4.69) is 10.2 Å². The zero-order valence-electron chi connectivity index (χ0n) is 11.6. The fraction of sp³-hybridized carbons (Fsp3) is 0.0667. The first kappa shape index (κ1) is 14.3. The van der Waals surface area contributed by atoms with Crippen LogP contribution < -0.4 is 0 Å². The fourth-order valence-electron chi connectivity index (χ4n) is 1.90. The second-order valence-electron chi connectivity index (χ2n) is 4.57. The molecule has 0 aliphatic rings.